The molecule has 0 bridgehead atoms. The fourth-order valence-corrected chi connectivity index (χ4v) is 2.45. The minimum absolute atomic E-state index is 0.237. The van der Waals surface area contributed by atoms with E-state index in [9.17, 15) is 13.2 Å². The molecule has 0 atom stereocenters. The van der Waals surface area contributed by atoms with Crippen molar-refractivity contribution >= 4 is 11.4 Å². The third-order valence-electron chi connectivity index (χ3n) is 3.56. The van der Waals surface area contributed by atoms with Crippen LogP contribution < -0.4 is 11.1 Å². The van der Waals surface area contributed by atoms with Crippen LogP contribution in [-0.4, -0.2) is 31.1 Å². The molecule has 1 saturated heterocycles. The summed E-state index contributed by atoms with van der Waals surface area (Å²) in [6, 6.07) is 3.96. The lowest BCUT2D eigenvalue weighted by atomic mass is 10.1. The van der Waals surface area contributed by atoms with E-state index in [2.05, 4.69) is 10.2 Å². The molecule has 3 N–H and O–H groups in total. The monoisotopic (exact) mass is 287 g/mol. The second-order valence-corrected chi connectivity index (χ2v) is 5.13. The quantitative estimate of drug-likeness (QED) is 0.836. The summed E-state index contributed by atoms with van der Waals surface area (Å²) < 4.78 is 38.2. The van der Waals surface area contributed by atoms with Gasteiger partial charge in [-0.25, -0.2) is 0 Å². The Bertz CT molecular complexity index is 440. The first-order chi connectivity index (χ1) is 9.47. The summed E-state index contributed by atoms with van der Waals surface area (Å²) in [5.74, 6) is 0. The predicted molar refractivity (Wildman–Crippen MR) is 74.6 cm³/mol. The Balaban J connectivity index is 1.89. The molecule has 0 aromatic heterocycles. The lowest BCUT2D eigenvalue weighted by molar-refractivity contribution is -0.136. The van der Waals surface area contributed by atoms with Crippen LogP contribution in [0.5, 0.6) is 0 Å². The largest absolute Gasteiger partial charge is 0.418 e. The second-order valence-electron chi connectivity index (χ2n) is 5.13. The van der Waals surface area contributed by atoms with Crippen molar-refractivity contribution in [2.24, 2.45) is 0 Å². The maximum absolute atomic E-state index is 12.7. The Labute approximate surface area is 116 Å². The smallest absolute Gasteiger partial charge is 0.398 e. The molecule has 0 spiro atoms. The van der Waals surface area contributed by atoms with Gasteiger partial charge in [-0.3, -0.25) is 0 Å². The minimum atomic E-state index is -4.41. The van der Waals surface area contributed by atoms with Gasteiger partial charge in [0.25, 0.3) is 0 Å². The Morgan fingerprint density at radius 2 is 1.85 bits per heavy atom. The van der Waals surface area contributed by atoms with Crippen molar-refractivity contribution in [3.8, 4) is 0 Å². The molecule has 0 radical (unpaired) electrons. The number of hydrogen-bond donors (Lipinski definition) is 2. The molecule has 20 heavy (non-hydrogen) atoms. The zero-order valence-corrected chi connectivity index (χ0v) is 11.3. The van der Waals surface area contributed by atoms with Crippen LogP contribution in [-0.2, 0) is 6.18 Å². The summed E-state index contributed by atoms with van der Waals surface area (Å²) in [5, 5.41) is 3.03. The van der Waals surface area contributed by atoms with Gasteiger partial charge in [0, 0.05) is 24.5 Å². The third kappa shape index (κ3) is 4.03. The van der Waals surface area contributed by atoms with Crippen molar-refractivity contribution in [1.29, 1.82) is 0 Å². The van der Waals surface area contributed by atoms with E-state index in [1.54, 1.807) is 6.07 Å². The van der Waals surface area contributed by atoms with Gasteiger partial charge in [-0.2, -0.15) is 13.2 Å². The van der Waals surface area contributed by atoms with Crippen LogP contribution in [0.2, 0.25) is 0 Å². The standard InChI is InChI=1S/C14H20F3N3/c15-14(16,17)12-10-11(4-5-13(12)18)19-6-9-20-7-2-1-3-8-20/h4-5,10,19H,1-3,6-9,18H2. The number of halogens is 3. The van der Waals surface area contributed by atoms with E-state index in [1.165, 1.54) is 25.3 Å². The van der Waals surface area contributed by atoms with Crippen molar-refractivity contribution < 1.29 is 13.2 Å². The zero-order chi connectivity index (χ0) is 14.6. The number of anilines is 2. The van der Waals surface area contributed by atoms with Gasteiger partial charge in [0.15, 0.2) is 0 Å². The van der Waals surface area contributed by atoms with Crippen LogP contribution in [0.25, 0.3) is 0 Å². The lowest BCUT2D eigenvalue weighted by Gasteiger charge is -2.26. The van der Waals surface area contributed by atoms with Crippen molar-refractivity contribution in [1.82, 2.24) is 4.90 Å². The van der Waals surface area contributed by atoms with Crippen LogP contribution >= 0.6 is 0 Å². The van der Waals surface area contributed by atoms with Gasteiger partial charge in [0.1, 0.15) is 0 Å². The topological polar surface area (TPSA) is 41.3 Å². The van der Waals surface area contributed by atoms with E-state index in [4.69, 9.17) is 5.73 Å². The third-order valence-corrected chi connectivity index (χ3v) is 3.56. The molecule has 6 heteroatoms. The SMILES string of the molecule is Nc1ccc(NCCN2CCCCC2)cc1C(F)(F)F. The number of hydrogen-bond acceptors (Lipinski definition) is 3. The Kier molecular flexibility index (Phi) is 4.75. The first-order valence-corrected chi connectivity index (χ1v) is 6.90. The number of rotatable bonds is 4. The van der Waals surface area contributed by atoms with Crippen LogP contribution in [0.15, 0.2) is 18.2 Å². The summed E-state index contributed by atoms with van der Waals surface area (Å²) in [6.45, 7) is 3.65. The minimum Gasteiger partial charge on any atom is -0.398 e. The van der Waals surface area contributed by atoms with Gasteiger partial charge in [-0.05, 0) is 44.1 Å². The fraction of sp³-hybridized carbons (Fsp3) is 0.571. The number of nitrogen functional groups attached to an aromatic ring is 1. The van der Waals surface area contributed by atoms with Gasteiger partial charge in [-0.15, -0.1) is 0 Å². The Morgan fingerprint density at radius 1 is 1.15 bits per heavy atom. The highest BCUT2D eigenvalue weighted by Crippen LogP contribution is 2.35. The van der Waals surface area contributed by atoms with E-state index >= 15 is 0 Å². The molecule has 3 nitrogen and oxygen atoms in total. The first-order valence-electron chi connectivity index (χ1n) is 6.90. The number of piperidine rings is 1. The normalized spacial score (nSPS) is 17.1. The van der Waals surface area contributed by atoms with Gasteiger partial charge in [0.2, 0.25) is 0 Å². The number of nitrogens with one attached hydrogen (secondary N) is 1. The van der Waals surface area contributed by atoms with Gasteiger partial charge in [0.05, 0.1) is 5.56 Å². The summed E-state index contributed by atoms with van der Waals surface area (Å²) in [6.07, 6.45) is -0.717. The number of benzene rings is 1. The van der Waals surface area contributed by atoms with Crippen molar-refractivity contribution in [3.05, 3.63) is 23.8 Å². The molecule has 1 aliphatic rings. The van der Waals surface area contributed by atoms with E-state index in [-0.39, 0.29) is 5.69 Å². The summed E-state index contributed by atoms with van der Waals surface area (Å²) in [5.41, 5.74) is 4.81. The molecule has 1 aromatic carbocycles. The number of nitrogens with two attached hydrogens (primary N) is 1. The molecule has 0 amide bonds. The molecule has 2 rings (SSSR count). The van der Waals surface area contributed by atoms with Crippen LogP contribution in [0.4, 0.5) is 24.5 Å². The second kappa shape index (κ2) is 6.35. The van der Waals surface area contributed by atoms with E-state index in [0.29, 0.717) is 12.2 Å². The number of likely N-dealkylation sites (tertiary alicyclic amines) is 1. The molecule has 0 unspecified atom stereocenters. The Morgan fingerprint density at radius 3 is 2.50 bits per heavy atom. The average molecular weight is 287 g/mol. The average Bonchev–Trinajstić information content (AvgIpc) is 2.40. The maximum atomic E-state index is 12.7. The number of alkyl halides is 3. The molecule has 1 aliphatic heterocycles. The highest BCUT2D eigenvalue weighted by Gasteiger charge is 2.33. The van der Waals surface area contributed by atoms with Gasteiger partial charge < -0.3 is 16.0 Å². The summed E-state index contributed by atoms with van der Waals surface area (Å²) in [4.78, 5) is 2.33. The van der Waals surface area contributed by atoms with E-state index in [0.717, 1.165) is 25.7 Å². The molecular weight excluding hydrogens is 267 g/mol. The molecular formula is C14H20F3N3. The molecule has 1 aromatic rings. The number of nitrogens with zero attached hydrogens (tertiary/aromatic N) is 1. The van der Waals surface area contributed by atoms with Crippen LogP contribution in [0.3, 0.4) is 0 Å². The summed E-state index contributed by atoms with van der Waals surface area (Å²) >= 11 is 0. The van der Waals surface area contributed by atoms with Gasteiger partial charge >= 0.3 is 6.18 Å². The van der Waals surface area contributed by atoms with E-state index < -0.39 is 11.7 Å². The van der Waals surface area contributed by atoms with Crippen LogP contribution in [0, 0.1) is 0 Å². The van der Waals surface area contributed by atoms with Crippen molar-refractivity contribution in [3.63, 3.8) is 0 Å². The summed E-state index contributed by atoms with van der Waals surface area (Å²) in [7, 11) is 0. The van der Waals surface area contributed by atoms with Crippen molar-refractivity contribution in [2.45, 2.75) is 25.4 Å². The highest BCUT2D eigenvalue weighted by atomic mass is 19.4. The van der Waals surface area contributed by atoms with Crippen LogP contribution in [0.1, 0.15) is 24.8 Å². The maximum Gasteiger partial charge on any atom is 0.418 e. The first kappa shape index (κ1) is 15.0. The highest BCUT2D eigenvalue weighted by molar-refractivity contribution is 5.58. The van der Waals surface area contributed by atoms with E-state index in [1.807, 2.05) is 0 Å². The molecule has 0 aliphatic carbocycles. The molecule has 0 saturated carbocycles. The van der Waals surface area contributed by atoms with Gasteiger partial charge in [-0.1, -0.05) is 6.42 Å². The molecule has 1 fully saturated rings. The zero-order valence-electron chi connectivity index (χ0n) is 11.3. The van der Waals surface area contributed by atoms with Crippen molar-refractivity contribution in [2.75, 3.05) is 37.2 Å². The molecule has 112 valence electrons. The predicted octanol–water partition coefficient (Wildman–Crippen LogP) is 3.19. The molecule has 1 heterocycles. The Hall–Kier alpha value is -1.43. The fourth-order valence-electron chi connectivity index (χ4n) is 2.45. The lowest BCUT2D eigenvalue weighted by Crippen LogP contribution is -2.33.